The molecule has 0 aliphatic heterocycles. The first-order valence-electron chi connectivity index (χ1n) is 8.26. The number of benzene rings is 1. The van der Waals surface area contributed by atoms with Crippen LogP contribution in [0.4, 0.5) is 11.4 Å². The lowest BCUT2D eigenvalue weighted by Gasteiger charge is -2.11. The second-order valence-corrected chi connectivity index (χ2v) is 9.72. The molecule has 13 heteroatoms. The van der Waals surface area contributed by atoms with Gasteiger partial charge >= 0.3 is 0 Å². The van der Waals surface area contributed by atoms with Crippen LogP contribution in [-0.2, 0) is 20.0 Å². The molecule has 0 spiro atoms. The summed E-state index contributed by atoms with van der Waals surface area (Å²) in [6.45, 7) is 1.08. The summed E-state index contributed by atoms with van der Waals surface area (Å²) in [5.74, 6) is -0.523. The van der Waals surface area contributed by atoms with Gasteiger partial charge in [0.05, 0.1) is 26.8 Å². The van der Waals surface area contributed by atoms with Gasteiger partial charge in [-0.05, 0) is 30.7 Å². The van der Waals surface area contributed by atoms with E-state index >= 15 is 0 Å². The Balaban J connectivity index is 1.67. The maximum atomic E-state index is 12.4. The van der Waals surface area contributed by atoms with Gasteiger partial charge in [-0.15, -0.1) is 0 Å². The third-order valence-corrected chi connectivity index (χ3v) is 6.90. The SMILES string of the molecule is Cc1ccc([N+](=O)[O-])cc1S(=O)(=O)NCCS(=O)(=O)Nc1ccn2nccc2c1. The highest BCUT2D eigenvalue weighted by Crippen LogP contribution is 2.21. The van der Waals surface area contributed by atoms with Crippen LogP contribution in [0.1, 0.15) is 5.56 Å². The first-order valence-corrected chi connectivity index (χ1v) is 11.4. The van der Waals surface area contributed by atoms with Crippen molar-refractivity contribution < 1.29 is 21.8 Å². The number of nitrogens with zero attached hydrogens (tertiary/aromatic N) is 3. The Morgan fingerprint density at radius 3 is 2.62 bits per heavy atom. The average molecular weight is 439 g/mol. The zero-order valence-electron chi connectivity index (χ0n) is 15.1. The van der Waals surface area contributed by atoms with E-state index in [0.717, 1.165) is 6.07 Å². The summed E-state index contributed by atoms with van der Waals surface area (Å²) < 4.78 is 55.5. The molecule has 0 unspecified atom stereocenters. The van der Waals surface area contributed by atoms with Gasteiger partial charge < -0.3 is 0 Å². The fraction of sp³-hybridized carbons (Fsp3) is 0.188. The van der Waals surface area contributed by atoms with Crippen molar-refractivity contribution in [3.63, 3.8) is 0 Å². The van der Waals surface area contributed by atoms with Crippen LogP contribution in [0, 0.1) is 17.0 Å². The Bertz CT molecular complexity index is 1280. The quantitative estimate of drug-likeness (QED) is 0.396. The number of aromatic nitrogens is 2. The summed E-state index contributed by atoms with van der Waals surface area (Å²) in [7, 11) is -7.96. The molecule has 1 aromatic carbocycles. The van der Waals surface area contributed by atoms with Crippen molar-refractivity contribution in [1.29, 1.82) is 0 Å². The molecule has 2 aromatic heterocycles. The van der Waals surface area contributed by atoms with Crippen LogP contribution in [0.5, 0.6) is 0 Å². The lowest BCUT2D eigenvalue weighted by atomic mass is 10.2. The molecule has 0 radical (unpaired) electrons. The minimum Gasteiger partial charge on any atom is -0.283 e. The Morgan fingerprint density at radius 2 is 1.90 bits per heavy atom. The number of rotatable bonds is 8. The van der Waals surface area contributed by atoms with E-state index in [9.17, 15) is 26.9 Å². The number of nitrogens with one attached hydrogen (secondary N) is 2. The summed E-state index contributed by atoms with van der Waals surface area (Å²) in [6.07, 6.45) is 3.15. The zero-order valence-corrected chi connectivity index (χ0v) is 16.8. The van der Waals surface area contributed by atoms with Crippen LogP contribution in [0.2, 0.25) is 0 Å². The summed E-state index contributed by atoms with van der Waals surface area (Å²) in [5, 5.41) is 14.9. The molecule has 2 N–H and O–H groups in total. The summed E-state index contributed by atoms with van der Waals surface area (Å²) in [5.41, 5.74) is 0.932. The smallest absolute Gasteiger partial charge is 0.270 e. The topological polar surface area (TPSA) is 153 Å². The van der Waals surface area contributed by atoms with Crippen molar-refractivity contribution in [1.82, 2.24) is 14.3 Å². The molecule has 0 amide bonds. The van der Waals surface area contributed by atoms with Gasteiger partial charge in [0.25, 0.3) is 5.69 Å². The molecule has 29 heavy (non-hydrogen) atoms. The summed E-state index contributed by atoms with van der Waals surface area (Å²) in [6, 6.07) is 8.26. The second-order valence-electron chi connectivity index (χ2n) is 6.14. The van der Waals surface area contributed by atoms with Gasteiger partial charge in [0, 0.05) is 31.1 Å². The monoisotopic (exact) mass is 439 g/mol. The number of anilines is 1. The van der Waals surface area contributed by atoms with Crippen molar-refractivity contribution in [3.8, 4) is 0 Å². The molecule has 0 aliphatic rings. The third-order valence-electron chi connectivity index (χ3n) is 4.01. The van der Waals surface area contributed by atoms with E-state index in [2.05, 4.69) is 14.5 Å². The largest absolute Gasteiger partial charge is 0.283 e. The molecule has 11 nitrogen and oxygen atoms in total. The highest BCUT2D eigenvalue weighted by Gasteiger charge is 2.21. The normalized spacial score (nSPS) is 12.2. The summed E-state index contributed by atoms with van der Waals surface area (Å²) in [4.78, 5) is 9.89. The van der Waals surface area contributed by atoms with E-state index in [1.807, 2.05) is 0 Å². The second kappa shape index (κ2) is 7.77. The van der Waals surface area contributed by atoms with Gasteiger partial charge in [0.1, 0.15) is 0 Å². The Hall–Kier alpha value is -3.03. The van der Waals surface area contributed by atoms with Gasteiger partial charge in [0.2, 0.25) is 20.0 Å². The Labute approximate surface area is 166 Å². The first kappa shape index (κ1) is 20.7. The first-order chi connectivity index (χ1) is 13.6. The van der Waals surface area contributed by atoms with Crippen LogP contribution < -0.4 is 9.44 Å². The maximum absolute atomic E-state index is 12.4. The number of nitro benzene ring substituents is 1. The lowest BCUT2D eigenvalue weighted by Crippen LogP contribution is -2.31. The highest BCUT2D eigenvalue weighted by atomic mass is 32.2. The van der Waals surface area contributed by atoms with E-state index < -0.39 is 37.3 Å². The van der Waals surface area contributed by atoms with Crippen LogP contribution in [0.25, 0.3) is 5.52 Å². The summed E-state index contributed by atoms with van der Waals surface area (Å²) >= 11 is 0. The average Bonchev–Trinajstić information content (AvgIpc) is 3.08. The number of aryl methyl sites for hydroxylation is 1. The number of hydrogen-bond donors (Lipinski definition) is 2. The molecule has 154 valence electrons. The minimum absolute atomic E-state index is 0.275. The molecule has 0 aliphatic carbocycles. The van der Waals surface area contributed by atoms with Gasteiger partial charge in [-0.1, -0.05) is 6.07 Å². The predicted octanol–water partition coefficient (Wildman–Crippen LogP) is 1.27. The molecule has 0 bridgehead atoms. The van der Waals surface area contributed by atoms with Crippen LogP contribution in [0.3, 0.4) is 0 Å². The molecule has 3 rings (SSSR count). The number of fused-ring (bicyclic) bond motifs is 1. The molecular weight excluding hydrogens is 422 g/mol. The fourth-order valence-corrected chi connectivity index (χ4v) is 4.98. The van der Waals surface area contributed by atoms with Gasteiger partial charge in [-0.25, -0.2) is 26.1 Å². The van der Waals surface area contributed by atoms with E-state index in [1.54, 1.807) is 29.0 Å². The number of non-ortho nitro benzene ring substituents is 1. The highest BCUT2D eigenvalue weighted by molar-refractivity contribution is 7.92. The minimum atomic E-state index is -4.12. The molecule has 0 atom stereocenters. The van der Waals surface area contributed by atoms with Crippen LogP contribution in [0.15, 0.2) is 53.7 Å². The molecule has 3 aromatic rings. The third kappa shape index (κ3) is 4.88. The maximum Gasteiger partial charge on any atom is 0.270 e. The molecule has 0 fully saturated rings. The van der Waals surface area contributed by atoms with Crippen molar-refractivity contribution >= 4 is 36.9 Å². The molecule has 0 saturated carbocycles. The van der Waals surface area contributed by atoms with Gasteiger partial charge in [-0.2, -0.15) is 5.10 Å². The van der Waals surface area contributed by atoms with Gasteiger partial charge in [0.15, 0.2) is 0 Å². The van der Waals surface area contributed by atoms with E-state index in [1.165, 1.54) is 25.1 Å². The van der Waals surface area contributed by atoms with Crippen molar-refractivity contribution in [3.05, 3.63) is 64.5 Å². The fourth-order valence-electron chi connectivity index (χ4n) is 2.60. The van der Waals surface area contributed by atoms with Crippen LogP contribution in [-0.4, -0.2) is 43.7 Å². The van der Waals surface area contributed by atoms with Crippen molar-refractivity contribution in [2.75, 3.05) is 17.0 Å². The van der Waals surface area contributed by atoms with E-state index in [0.29, 0.717) is 16.8 Å². The molecule has 2 heterocycles. The zero-order chi connectivity index (χ0) is 21.2. The number of nitro groups is 1. The predicted molar refractivity (Wildman–Crippen MR) is 106 cm³/mol. The van der Waals surface area contributed by atoms with E-state index in [4.69, 9.17) is 0 Å². The van der Waals surface area contributed by atoms with Crippen LogP contribution >= 0.6 is 0 Å². The van der Waals surface area contributed by atoms with Gasteiger partial charge in [-0.3, -0.25) is 14.8 Å². The standard InChI is InChI=1S/C16H17N5O6S2/c1-12-2-3-15(21(22)23)11-16(12)29(26,27)18-7-9-28(24,25)19-13-5-8-20-14(10-13)4-6-17-20/h2-6,8,10-11,18-19H,7,9H2,1H3. The van der Waals surface area contributed by atoms with E-state index in [-0.39, 0.29) is 10.6 Å². The number of hydrogen-bond acceptors (Lipinski definition) is 7. The molecule has 0 saturated heterocycles. The lowest BCUT2D eigenvalue weighted by molar-refractivity contribution is -0.385. The Morgan fingerprint density at radius 1 is 1.14 bits per heavy atom. The van der Waals surface area contributed by atoms with Crippen molar-refractivity contribution in [2.24, 2.45) is 0 Å². The van der Waals surface area contributed by atoms with Crippen molar-refractivity contribution in [2.45, 2.75) is 11.8 Å². The number of pyridine rings is 1. The Kier molecular flexibility index (Phi) is 5.55. The molecular formula is C16H17N5O6S2. The number of sulfonamides is 2.